The van der Waals surface area contributed by atoms with Crippen molar-refractivity contribution in [3.05, 3.63) is 59.2 Å². The molecule has 0 aliphatic rings. The van der Waals surface area contributed by atoms with Crippen molar-refractivity contribution in [3.63, 3.8) is 0 Å². The zero-order valence-electron chi connectivity index (χ0n) is 10.5. The summed E-state index contributed by atoms with van der Waals surface area (Å²) in [6, 6.07) is 9.76. The van der Waals surface area contributed by atoms with Crippen LogP contribution in [-0.4, -0.2) is 20.2 Å². The monoisotopic (exact) mass is 329 g/mol. The molecule has 0 unspecified atom stereocenters. The molecule has 3 aromatic rings. The molecule has 0 aliphatic carbocycles. The van der Waals surface area contributed by atoms with E-state index in [1.807, 2.05) is 30.3 Å². The van der Waals surface area contributed by atoms with E-state index in [2.05, 4.69) is 41.4 Å². The number of H-pyrrole nitrogens is 1. The molecule has 20 heavy (non-hydrogen) atoms. The highest BCUT2D eigenvalue weighted by Crippen LogP contribution is 2.18. The molecule has 3 heterocycles. The van der Waals surface area contributed by atoms with E-state index in [1.165, 1.54) is 0 Å². The van der Waals surface area contributed by atoms with Crippen LogP contribution in [0.1, 0.15) is 5.69 Å². The highest BCUT2D eigenvalue weighted by molar-refractivity contribution is 9.10. The summed E-state index contributed by atoms with van der Waals surface area (Å²) in [6.45, 7) is 0.669. The van der Waals surface area contributed by atoms with E-state index in [-0.39, 0.29) is 0 Å². The minimum absolute atomic E-state index is 0.669. The number of rotatable bonds is 4. The van der Waals surface area contributed by atoms with Gasteiger partial charge in [-0.2, -0.15) is 5.10 Å². The summed E-state index contributed by atoms with van der Waals surface area (Å²) in [5, 5.41) is 10.6. The number of nitrogens with one attached hydrogen (secondary N) is 2. The van der Waals surface area contributed by atoms with Gasteiger partial charge in [0.25, 0.3) is 0 Å². The van der Waals surface area contributed by atoms with Crippen LogP contribution in [0.25, 0.3) is 11.3 Å². The number of aromatic amines is 1. The van der Waals surface area contributed by atoms with Crippen LogP contribution >= 0.6 is 15.9 Å². The standard InChI is InChI=1S/C14H12BrN5/c15-14-4-3-10(7-18-14)13-6-12(19-20-13)9-17-11-2-1-5-16-8-11/h1-8,17H,9H2,(H,19,20). The van der Waals surface area contributed by atoms with E-state index in [4.69, 9.17) is 0 Å². The second-order valence-corrected chi connectivity index (χ2v) is 5.06. The van der Waals surface area contributed by atoms with E-state index in [0.29, 0.717) is 6.54 Å². The molecule has 100 valence electrons. The summed E-state index contributed by atoms with van der Waals surface area (Å²) in [4.78, 5) is 8.25. The molecule has 0 radical (unpaired) electrons. The summed E-state index contributed by atoms with van der Waals surface area (Å²) in [6.07, 6.45) is 5.33. The van der Waals surface area contributed by atoms with E-state index >= 15 is 0 Å². The van der Waals surface area contributed by atoms with Crippen molar-refractivity contribution in [2.24, 2.45) is 0 Å². The Morgan fingerprint density at radius 1 is 1.20 bits per heavy atom. The molecule has 3 aromatic heterocycles. The first kappa shape index (κ1) is 12.8. The normalized spacial score (nSPS) is 10.4. The Balaban J connectivity index is 1.69. The Labute approximate surface area is 124 Å². The van der Waals surface area contributed by atoms with Gasteiger partial charge >= 0.3 is 0 Å². The lowest BCUT2D eigenvalue weighted by molar-refractivity contribution is 0.981. The first-order valence-corrected chi connectivity index (χ1v) is 6.91. The molecule has 0 atom stereocenters. The predicted octanol–water partition coefficient (Wildman–Crippen LogP) is 3.24. The van der Waals surface area contributed by atoms with Crippen LogP contribution in [0.15, 0.2) is 53.5 Å². The van der Waals surface area contributed by atoms with Gasteiger partial charge in [0, 0.05) is 24.2 Å². The topological polar surface area (TPSA) is 66.5 Å². The Bertz CT molecular complexity index is 678. The van der Waals surface area contributed by atoms with Gasteiger partial charge in [0.2, 0.25) is 0 Å². The highest BCUT2D eigenvalue weighted by atomic mass is 79.9. The lowest BCUT2D eigenvalue weighted by atomic mass is 10.2. The molecule has 5 nitrogen and oxygen atoms in total. The van der Waals surface area contributed by atoms with E-state index in [9.17, 15) is 0 Å². The third-order valence-corrected chi connectivity index (χ3v) is 3.27. The summed E-state index contributed by atoms with van der Waals surface area (Å²) in [5.41, 5.74) is 3.85. The van der Waals surface area contributed by atoms with E-state index < -0.39 is 0 Å². The summed E-state index contributed by atoms with van der Waals surface area (Å²) in [7, 11) is 0. The third-order valence-electron chi connectivity index (χ3n) is 2.80. The number of hydrogen-bond acceptors (Lipinski definition) is 4. The maximum Gasteiger partial charge on any atom is 0.106 e. The molecule has 0 fully saturated rings. The quantitative estimate of drug-likeness (QED) is 0.721. The molecular formula is C14H12BrN5. The Kier molecular flexibility index (Phi) is 3.73. The molecule has 0 saturated heterocycles. The van der Waals surface area contributed by atoms with Crippen LogP contribution in [0.2, 0.25) is 0 Å². The van der Waals surface area contributed by atoms with Crippen molar-refractivity contribution < 1.29 is 0 Å². The first-order chi connectivity index (χ1) is 9.81. The van der Waals surface area contributed by atoms with Crippen molar-refractivity contribution in [1.82, 2.24) is 20.2 Å². The molecule has 0 spiro atoms. The van der Waals surface area contributed by atoms with Crippen LogP contribution in [0.3, 0.4) is 0 Å². The summed E-state index contributed by atoms with van der Waals surface area (Å²) < 4.78 is 0.815. The van der Waals surface area contributed by atoms with Gasteiger partial charge in [-0.25, -0.2) is 4.98 Å². The second-order valence-electron chi connectivity index (χ2n) is 4.24. The Hall–Kier alpha value is -2.21. The SMILES string of the molecule is Brc1ccc(-c2cc(CNc3cccnc3)[nH]n2)cn1. The van der Waals surface area contributed by atoms with Crippen molar-refractivity contribution in [2.45, 2.75) is 6.54 Å². The number of hydrogen-bond donors (Lipinski definition) is 2. The molecule has 6 heteroatoms. The lowest BCUT2D eigenvalue weighted by Crippen LogP contribution is -1.99. The van der Waals surface area contributed by atoms with Crippen LogP contribution in [0.4, 0.5) is 5.69 Å². The van der Waals surface area contributed by atoms with Gasteiger partial charge in [-0.1, -0.05) is 0 Å². The van der Waals surface area contributed by atoms with Gasteiger partial charge in [0.15, 0.2) is 0 Å². The van der Waals surface area contributed by atoms with Gasteiger partial charge in [-0.05, 0) is 46.3 Å². The van der Waals surface area contributed by atoms with Crippen LogP contribution in [0.5, 0.6) is 0 Å². The average Bonchev–Trinajstić information content (AvgIpc) is 2.96. The number of halogens is 1. The molecule has 0 aromatic carbocycles. The highest BCUT2D eigenvalue weighted by Gasteiger charge is 2.04. The van der Waals surface area contributed by atoms with Gasteiger partial charge in [0.1, 0.15) is 4.60 Å². The zero-order valence-corrected chi connectivity index (χ0v) is 12.1. The Morgan fingerprint density at radius 3 is 2.90 bits per heavy atom. The van der Waals surface area contributed by atoms with Crippen molar-refractivity contribution >= 4 is 21.6 Å². The fourth-order valence-corrected chi connectivity index (χ4v) is 2.03. The largest absolute Gasteiger partial charge is 0.378 e. The number of aromatic nitrogens is 4. The van der Waals surface area contributed by atoms with Crippen molar-refractivity contribution in [1.29, 1.82) is 0 Å². The first-order valence-electron chi connectivity index (χ1n) is 6.11. The van der Waals surface area contributed by atoms with Gasteiger partial charge in [0.05, 0.1) is 23.6 Å². The Morgan fingerprint density at radius 2 is 2.15 bits per heavy atom. The number of anilines is 1. The van der Waals surface area contributed by atoms with Crippen LogP contribution in [-0.2, 0) is 6.54 Å². The summed E-state index contributed by atoms with van der Waals surface area (Å²) in [5.74, 6) is 0. The molecule has 0 aliphatic heterocycles. The number of pyridine rings is 2. The van der Waals surface area contributed by atoms with Crippen LogP contribution < -0.4 is 5.32 Å². The smallest absolute Gasteiger partial charge is 0.106 e. The average molecular weight is 330 g/mol. The minimum Gasteiger partial charge on any atom is -0.378 e. The second kappa shape index (κ2) is 5.83. The van der Waals surface area contributed by atoms with Gasteiger partial charge in [-0.3, -0.25) is 10.1 Å². The third kappa shape index (κ3) is 3.03. The van der Waals surface area contributed by atoms with E-state index in [0.717, 1.165) is 27.2 Å². The van der Waals surface area contributed by atoms with E-state index in [1.54, 1.807) is 18.6 Å². The van der Waals surface area contributed by atoms with Gasteiger partial charge in [-0.15, -0.1) is 0 Å². The molecule has 0 bridgehead atoms. The molecule has 0 amide bonds. The van der Waals surface area contributed by atoms with Crippen molar-refractivity contribution in [2.75, 3.05) is 5.32 Å². The minimum atomic E-state index is 0.669. The zero-order chi connectivity index (χ0) is 13.8. The lowest BCUT2D eigenvalue weighted by Gasteiger charge is -2.02. The molecule has 0 saturated carbocycles. The number of nitrogens with zero attached hydrogens (tertiary/aromatic N) is 3. The fraction of sp³-hybridized carbons (Fsp3) is 0.0714. The fourth-order valence-electron chi connectivity index (χ4n) is 1.79. The van der Waals surface area contributed by atoms with Gasteiger partial charge < -0.3 is 5.32 Å². The van der Waals surface area contributed by atoms with Crippen molar-refractivity contribution in [3.8, 4) is 11.3 Å². The van der Waals surface area contributed by atoms with Crippen LogP contribution in [0, 0.1) is 0 Å². The summed E-state index contributed by atoms with van der Waals surface area (Å²) >= 11 is 3.32. The molecule has 2 N–H and O–H groups in total. The maximum atomic E-state index is 4.29. The molecular weight excluding hydrogens is 318 g/mol. The maximum absolute atomic E-state index is 4.29. The predicted molar refractivity (Wildman–Crippen MR) is 81.1 cm³/mol. The molecule has 3 rings (SSSR count).